The van der Waals surface area contributed by atoms with E-state index >= 15 is 0 Å². The van der Waals surface area contributed by atoms with Crippen molar-refractivity contribution >= 4 is 40.9 Å². The molecule has 3 aromatic rings. The van der Waals surface area contributed by atoms with Crippen LogP contribution >= 0.6 is 11.6 Å². The van der Waals surface area contributed by atoms with E-state index in [-0.39, 0.29) is 34.4 Å². The molecule has 8 heteroatoms. The summed E-state index contributed by atoms with van der Waals surface area (Å²) in [7, 11) is 1.81. The molecule has 35 heavy (non-hydrogen) atoms. The summed E-state index contributed by atoms with van der Waals surface area (Å²) < 4.78 is 5.11. The minimum Gasteiger partial charge on any atom is -0.454 e. The van der Waals surface area contributed by atoms with Gasteiger partial charge < -0.3 is 4.74 Å². The van der Waals surface area contributed by atoms with E-state index in [0.717, 1.165) is 10.5 Å². The fraction of sp³-hybridized carbons (Fsp3) is 0.185. The number of hydrogen-bond donors (Lipinski definition) is 0. The second kappa shape index (κ2) is 10.6. The summed E-state index contributed by atoms with van der Waals surface area (Å²) in [5, 5.41) is 0.283. The lowest BCUT2D eigenvalue weighted by Crippen LogP contribution is -2.39. The number of halogens is 1. The molecular formula is C27H23ClN2O5. The first-order chi connectivity index (χ1) is 16.8. The molecule has 1 saturated heterocycles. The van der Waals surface area contributed by atoms with Gasteiger partial charge in [0.2, 0.25) is 11.7 Å². The van der Waals surface area contributed by atoms with Gasteiger partial charge >= 0.3 is 5.97 Å². The van der Waals surface area contributed by atoms with Crippen molar-refractivity contribution in [1.29, 1.82) is 0 Å². The molecule has 0 bridgehead atoms. The van der Waals surface area contributed by atoms with Crippen molar-refractivity contribution in [2.75, 3.05) is 18.6 Å². The first-order valence-electron chi connectivity index (χ1n) is 11.0. The molecule has 1 aliphatic heterocycles. The van der Waals surface area contributed by atoms with Gasteiger partial charge in [0.05, 0.1) is 28.7 Å². The van der Waals surface area contributed by atoms with Crippen LogP contribution in [-0.4, -0.2) is 48.2 Å². The monoisotopic (exact) mass is 490 g/mol. The first kappa shape index (κ1) is 24.3. The summed E-state index contributed by atoms with van der Waals surface area (Å²) in [6.07, 6.45) is 0.0795. The number of amides is 2. The lowest BCUT2D eigenvalue weighted by molar-refractivity contribution is -0.122. The number of imide groups is 1. The van der Waals surface area contributed by atoms with Gasteiger partial charge in [-0.05, 0) is 49.0 Å². The molecule has 1 atom stereocenters. The number of anilines is 1. The molecule has 3 aromatic carbocycles. The topological polar surface area (TPSA) is 84.0 Å². The third kappa shape index (κ3) is 5.48. The number of carbonyl (C=O) groups excluding carboxylic acids is 4. The average molecular weight is 491 g/mol. The molecule has 178 valence electrons. The highest BCUT2D eigenvalue weighted by Crippen LogP contribution is 2.26. The van der Waals surface area contributed by atoms with E-state index in [4.69, 9.17) is 16.3 Å². The zero-order valence-electron chi connectivity index (χ0n) is 19.0. The van der Waals surface area contributed by atoms with Gasteiger partial charge in [0, 0.05) is 12.1 Å². The molecule has 0 spiro atoms. The van der Waals surface area contributed by atoms with Crippen LogP contribution in [0.3, 0.4) is 0 Å². The Balaban J connectivity index is 1.38. The van der Waals surface area contributed by atoms with Crippen LogP contribution in [0.25, 0.3) is 0 Å². The van der Waals surface area contributed by atoms with Crippen molar-refractivity contribution in [2.45, 2.75) is 19.0 Å². The van der Waals surface area contributed by atoms with Crippen molar-refractivity contribution in [3.05, 3.63) is 101 Å². The molecule has 0 saturated carbocycles. The fourth-order valence-electron chi connectivity index (χ4n) is 3.94. The van der Waals surface area contributed by atoms with E-state index in [0.29, 0.717) is 12.2 Å². The van der Waals surface area contributed by atoms with Crippen LogP contribution in [0, 0.1) is 0 Å². The molecule has 7 nitrogen and oxygen atoms in total. The molecule has 2 amide bonds. The summed E-state index contributed by atoms with van der Waals surface area (Å²) in [6, 6.07) is 21.6. The fourth-order valence-corrected chi connectivity index (χ4v) is 4.18. The maximum absolute atomic E-state index is 13.0. The summed E-state index contributed by atoms with van der Waals surface area (Å²) in [4.78, 5) is 53.3. The maximum Gasteiger partial charge on any atom is 0.338 e. The Morgan fingerprint density at radius 2 is 1.63 bits per heavy atom. The van der Waals surface area contributed by atoms with E-state index < -0.39 is 24.4 Å². The van der Waals surface area contributed by atoms with Crippen LogP contribution in [0.1, 0.15) is 32.7 Å². The van der Waals surface area contributed by atoms with E-state index in [1.807, 2.05) is 42.3 Å². The van der Waals surface area contributed by atoms with Crippen LogP contribution in [0.2, 0.25) is 5.02 Å². The number of hydrogen-bond acceptors (Lipinski definition) is 6. The third-order valence-electron chi connectivity index (χ3n) is 5.80. The molecule has 0 N–H and O–H groups in total. The van der Waals surface area contributed by atoms with E-state index in [1.54, 1.807) is 24.3 Å². The van der Waals surface area contributed by atoms with Crippen LogP contribution in [0.4, 0.5) is 5.69 Å². The SMILES string of the molecule is CN(Cc1ccccc1)C1CC(=O)N(c2ccc(C(=O)OCC(=O)c3ccccc3Cl)cc2)C1=O. The quantitative estimate of drug-likeness (QED) is 0.268. The smallest absolute Gasteiger partial charge is 0.338 e. The lowest BCUT2D eigenvalue weighted by atomic mass is 10.1. The number of carbonyl (C=O) groups is 4. The molecule has 0 aliphatic carbocycles. The summed E-state index contributed by atoms with van der Waals surface area (Å²) in [5.41, 5.74) is 1.89. The predicted octanol–water partition coefficient (Wildman–Crippen LogP) is 4.14. The zero-order chi connectivity index (χ0) is 24.9. The van der Waals surface area contributed by atoms with Crippen molar-refractivity contribution in [1.82, 2.24) is 4.90 Å². The Labute approximate surface area is 207 Å². The highest BCUT2D eigenvalue weighted by Gasteiger charge is 2.41. The molecule has 1 fully saturated rings. The maximum atomic E-state index is 13.0. The highest BCUT2D eigenvalue weighted by atomic mass is 35.5. The number of likely N-dealkylation sites (N-methyl/N-ethyl adjacent to an activating group) is 1. The summed E-state index contributed by atoms with van der Waals surface area (Å²) >= 11 is 6.00. The number of ether oxygens (including phenoxy) is 1. The molecule has 1 heterocycles. The zero-order valence-corrected chi connectivity index (χ0v) is 19.8. The average Bonchev–Trinajstić information content (AvgIpc) is 3.17. The molecule has 0 radical (unpaired) electrons. The Hall–Kier alpha value is -3.81. The number of ketones is 1. The second-order valence-electron chi connectivity index (χ2n) is 8.21. The molecule has 1 aliphatic rings. The van der Waals surface area contributed by atoms with E-state index in [9.17, 15) is 19.2 Å². The Kier molecular flexibility index (Phi) is 7.39. The summed E-state index contributed by atoms with van der Waals surface area (Å²) in [5.74, 6) is -1.73. The molecule has 1 unspecified atom stereocenters. The number of nitrogens with zero attached hydrogens (tertiary/aromatic N) is 2. The second-order valence-corrected chi connectivity index (χ2v) is 8.62. The van der Waals surface area contributed by atoms with Gasteiger partial charge in [-0.3, -0.25) is 19.3 Å². The standard InChI is InChI=1S/C27H23ClN2O5/c1-29(16-18-7-3-2-4-8-18)23-15-25(32)30(26(23)33)20-13-11-19(12-14-20)27(34)35-17-24(31)21-9-5-6-10-22(21)28/h2-14,23H,15-17H2,1H3. The number of esters is 1. The van der Waals surface area contributed by atoms with Crippen molar-refractivity contribution < 1.29 is 23.9 Å². The normalized spacial score (nSPS) is 15.5. The Bertz CT molecular complexity index is 1260. The van der Waals surface area contributed by atoms with Gasteiger partial charge in [-0.2, -0.15) is 0 Å². The largest absolute Gasteiger partial charge is 0.454 e. The van der Waals surface area contributed by atoms with Gasteiger partial charge in [-0.25, -0.2) is 9.69 Å². The number of rotatable bonds is 8. The number of benzene rings is 3. The van der Waals surface area contributed by atoms with Crippen LogP contribution in [-0.2, 0) is 20.9 Å². The van der Waals surface area contributed by atoms with Gasteiger partial charge in [-0.1, -0.05) is 54.1 Å². The minimum atomic E-state index is -0.698. The Morgan fingerprint density at radius 3 is 2.31 bits per heavy atom. The minimum absolute atomic E-state index is 0.0795. The third-order valence-corrected chi connectivity index (χ3v) is 6.13. The van der Waals surface area contributed by atoms with Crippen molar-refractivity contribution in [2.24, 2.45) is 0 Å². The summed E-state index contributed by atoms with van der Waals surface area (Å²) in [6.45, 7) is 0.0822. The van der Waals surface area contributed by atoms with Gasteiger partial charge in [0.25, 0.3) is 5.91 Å². The van der Waals surface area contributed by atoms with Gasteiger partial charge in [-0.15, -0.1) is 0 Å². The van der Waals surface area contributed by atoms with Gasteiger partial charge in [0.15, 0.2) is 6.61 Å². The van der Waals surface area contributed by atoms with Crippen molar-refractivity contribution in [3.63, 3.8) is 0 Å². The first-order valence-corrected chi connectivity index (χ1v) is 11.4. The van der Waals surface area contributed by atoms with Crippen LogP contribution < -0.4 is 4.90 Å². The lowest BCUT2D eigenvalue weighted by Gasteiger charge is -2.23. The highest BCUT2D eigenvalue weighted by molar-refractivity contribution is 6.34. The molecule has 0 aromatic heterocycles. The van der Waals surface area contributed by atoms with E-state index in [1.165, 1.54) is 24.3 Å². The predicted molar refractivity (Wildman–Crippen MR) is 131 cm³/mol. The molecule has 4 rings (SSSR count). The van der Waals surface area contributed by atoms with Crippen LogP contribution in [0.5, 0.6) is 0 Å². The molecular weight excluding hydrogens is 468 g/mol. The van der Waals surface area contributed by atoms with Crippen LogP contribution in [0.15, 0.2) is 78.9 Å². The van der Waals surface area contributed by atoms with Crippen molar-refractivity contribution in [3.8, 4) is 0 Å². The van der Waals surface area contributed by atoms with E-state index in [2.05, 4.69) is 0 Å². The number of Topliss-reactive ketones (excluding diaryl/α,β-unsaturated/α-hetero) is 1. The van der Waals surface area contributed by atoms with Gasteiger partial charge in [0.1, 0.15) is 0 Å². The Morgan fingerprint density at radius 1 is 0.971 bits per heavy atom.